The summed E-state index contributed by atoms with van der Waals surface area (Å²) in [5, 5.41) is 33.6. The van der Waals surface area contributed by atoms with Crippen LogP contribution in [-0.2, 0) is 6.54 Å². The van der Waals surface area contributed by atoms with Crippen LogP contribution in [0.5, 0.6) is 5.75 Å². The maximum Gasteiger partial charge on any atom is 0.181 e. The molecule has 9 heteroatoms. The number of hydrogen-bond acceptors (Lipinski definition) is 8. The molecule has 0 aliphatic heterocycles. The summed E-state index contributed by atoms with van der Waals surface area (Å²) < 4.78 is 5.30. The van der Waals surface area contributed by atoms with E-state index in [-0.39, 0.29) is 0 Å². The number of nitrogens with one attached hydrogen (secondary N) is 3. The monoisotopic (exact) mass is 420 g/mol. The molecular weight excluding hydrogens is 396 g/mol. The van der Waals surface area contributed by atoms with E-state index in [9.17, 15) is 10.2 Å². The van der Waals surface area contributed by atoms with Crippen LogP contribution in [-0.4, -0.2) is 25.4 Å². The second-order valence-corrected chi connectivity index (χ2v) is 7.31. The molecule has 1 unspecified atom stereocenters. The molecule has 0 bridgehead atoms. The molecule has 0 aliphatic carbocycles. The number of aromatic hydroxyl groups is 1. The molecule has 9 nitrogen and oxygen atoms in total. The average Bonchev–Trinajstić information content (AvgIpc) is 3.41. The highest BCUT2D eigenvalue weighted by Crippen LogP contribution is 2.30. The number of aryl methyl sites for hydroxylation is 2. The van der Waals surface area contributed by atoms with Gasteiger partial charge in [0.2, 0.25) is 0 Å². The van der Waals surface area contributed by atoms with E-state index in [1.54, 1.807) is 6.20 Å². The third kappa shape index (κ3) is 4.37. The zero-order valence-corrected chi connectivity index (χ0v) is 17.2. The van der Waals surface area contributed by atoms with Crippen molar-refractivity contribution in [2.24, 2.45) is 5.73 Å². The van der Waals surface area contributed by atoms with E-state index < -0.39 is 6.23 Å². The first-order chi connectivity index (χ1) is 14.9. The molecule has 7 N–H and O–H groups in total. The Morgan fingerprint density at radius 2 is 1.87 bits per heavy atom. The summed E-state index contributed by atoms with van der Waals surface area (Å²) in [6.07, 6.45) is 1.80. The minimum atomic E-state index is -1.24. The number of phenols is 1. The van der Waals surface area contributed by atoms with E-state index in [2.05, 4.69) is 25.8 Å². The van der Waals surface area contributed by atoms with Gasteiger partial charge in [0.1, 0.15) is 17.8 Å². The summed E-state index contributed by atoms with van der Waals surface area (Å²) in [7, 11) is 0. The highest BCUT2D eigenvalue weighted by molar-refractivity contribution is 5.68. The molecule has 0 amide bonds. The lowest BCUT2D eigenvalue weighted by atomic mass is 10.1. The van der Waals surface area contributed by atoms with Crippen molar-refractivity contribution in [3.8, 4) is 17.1 Å². The van der Waals surface area contributed by atoms with E-state index in [1.807, 2.05) is 50.2 Å². The second kappa shape index (κ2) is 8.50. The molecule has 0 spiro atoms. The Morgan fingerprint density at radius 3 is 2.48 bits per heavy atom. The number of benzene rings is 2. The van der Waals surface area contributed by atoms with E-state index in [0.29, 0.717) is 35.3 Å². The maximum absolute atomic E-state index is 10.1. The smallest absolute Gasteiger partial charge is 0.181 e. The summed E-state index contributed by atoms with van der Waals surface area (Å²) in [5.41, 5.74) is 10.5. The molecule has 4 aromatic rings. The van der Waals surface area contributed by atoms with Gasteiger partial charge in [-0.05, 0) is 54.8 Å². The van der Waals surface area contributed by atoms with Crippen molar-refractivity contribution in [1.29, 1.82) is 0 Å². The normalized spacial score (nSPS) is 12.0. The second-order valence-electron chi connectivity index (χ2n) is 7.31. The minimum Gasteiger partial charge on any atom is -0.507 e. The zero-order valence-electron chi connectivity index (χ0n) is 17.2. The van der Waals surface area contributed by atoms with Crippen LogP contribution in [0.1, 0.15) is 28.5 Å². The number of H-pyrrole nitrogens is 1. The first-order valence-corrected chi connectivity index (χ1v) is 9.73. The molecule has 2 heterocycles. The van der Waals surface area contributed by atoms with Gasteiger partial charge < -0.3 is 31.0 Å². The number of phenolic OH excluding ortho intramolecular Hbond substituents is 1. The summed E-state index contributed by atoms with van der Waals surface area (Å²) in [6.45, 7) is 4.18. The molecule has 31 heavy (non-hydrogen) atoms. The number of nitrogens with two attached hydrogens (primary N) is 1. The molecule has 1 atom stereocenters. The average molecular weight is 420 g/mol. The topological polar surface area (TPSA) is 145 Å². The van der Waals surface area contributed by atoms with Crippen LogP contribution in [0.4, 0.5) is 17.3 Å². The molecule has 2 aromatic heterocycles. The molecular formula is C22H24N6O3. The Bertz CT molecular complexity index is 1140. The number of hydrogen-bond donors (Lipinski definition) is 6. The van der Waals surface area contributed by atoms with E-state index in [0.717, 1.165) is 27.9 Å². The Balaban J connectivity index is 1.51. The summed E-state index contributed by atoms with van der Waals surface area (Å²) >= 11 is 0. The van der Waals surface area contributed by atoms with Gasteiger partial charge in [0, 0.05) is 17.8 Å². The van der Waals surface area contributed by atoms with Gasteiger partial charge in [-0.1, -0.05) is 12.1 Å². The number of oxazole rings is 1. The molecule has 4 rings (SSSR count). The Morgan fingerprint density at radius 1 is 1.16 bits per heavy atom. The number of anilines is 3. The predicted octanol–water partition coefficient (Wildman–Crippen LogP) is 3.69. The highest BCUT2D eigenvalue weighted by atomic mass is 16.3. The van der Waals surface area contributed by atoms with Crippen LogP contribution in [0.2, 0.25) is 0 Å². The number of rotatable bonds is 7. The molecule has 0 saturated heterocycles. The van der Waals surface area contributed by atoms with E-state index >= 15 is 0 Å². The van der Waals surface area contributed by atoms with Crippen molar-refractivity contribution < 1.29 is 14.6 Å². The number of aromatic nitrogens is 3. The predicted molar refractivity (Wildman–Crippen MR) is 118 cm³/mol. The van der Waals surface area contributed by atoms with Gasteiger partial charge in [-0.3, -0.25) is 5.10 Å². The number of aliphatic hydroxyl groups excluding tert-OH is 1. The van der Waals surface area contributed by atoms with E-state index in [1.165, 1.54) is 6.39 Å². The van der Waals surface area contributed by atoms with Gasteiger partial charge in [-0.25, -0.2) is 4.98 Å². The van der Waals surface area contributed by atoms with Gasteiger partial charge >= 0.3 is 0 Å². The Kier molecular flexibility index (Phi) is 5.61. The van der Waals surface area contributed by atoms with Gasteiger partial charge in [0.15, 0.2) is 18.0 Å². The van der Waals surface area contributed by atoms with Crippen molar-refractivity contribution in [3.63, 3.8) is 0 Å². The van der Waals surface area contributed by atoms with Crippen LogP contribution in [0.15, 0.2) is 53.4 Å². The quantitative estimate of drug-likeness (QED) is 0.248. The Labute approximate surface area is 179 Å². The molecule has 0 saturated carbocycles. The molecule has 2 aromatic carbocycles. The lowest BCUT2D eigenvalue weighted by Crippen LogP contribution is -2.13. The van der Waals surface area contributed by atoms with Crippen LogP contribution in [0.3, 0.4) is 0 Å². The summed E-state index contributed by atoms with van der Waals surface area (Å²) in [4.78, 5) is 3.92. The lowest BCUT2D eigenvalue weighted by Gasteiger charge is -2.13. The van der Waals surface area contributed by atoms with Crippen molar-refractivity contribution in [2.75, 3.05) is 10.6 Å². The first-order valence-electron chi connectivity index (χ1n) is 9.73. The van der Waals surface area contributed by atoms with Crippen LogP contribution in [0, 0.1) is 13.8 Å². The fraction of sp³-hybridized carbons (Fsp3) is 0.182. The van der Waals surface area contributed by atoms with Crippen molar-refractivity contribution >= 4 is 17.3 Å². The highest BCUT2D eigenvalue weighted by Gasteiger charge is 2.19. The number of aliphatic hydroxyl groups is 1. The summed E-state index contributed by atoms with van der Waals surface area (Å²) in [6, 6.07) is 11.3. The first kappa shape index (κ1) is 20.5. The van der Waals surface area contributed by atoms with Crippen molar-refractivity contribution in [1.82, 2.24) is 15.2 Å². The molecule has 0 aliphatic rings. The standard InChI is InChI=1S/C22H24N6O3/c1-12-7-14(8-13(2)19(12)29)9-25-21-18(20(23)30)22(28-27-21)26-16-5-3-15(4-6-16)17-10-24-11-31-17/h3-8,10-11,20,29-30H,9,23H2,1-2H3,(H3,25,26,27,28). The minimum absolute atomic E-state index is 0.296. The molecule has 0 fully saturated rings. The number of nitrogens with zero attached hydrogens (tertiary/aromatic N) is 2. The third-order valence-corrected chi connectivity index (χ3v) is 4.98. The SMILES string of the molecule is Cc1cc(CNc2[nH]nc(Nc3ccc(-c4cnco4)cc3)c2C(N)O)cc(C)c1O. The van der Waals surface area contributed by atoms with Gasteiger partial charge in [0.05, 0.1) is 11.8 Å². The number of aromatic amines is 1. The lowest BCUT2D eigenvalue weighted by molar-refractivity contribution is 0.187. The molecule has 0 radical (unpaired) electrons. The van der Waals surface area contributed by atoms with Crippen molar-refractivity contribution in [2.45, 2.75) is 26.6 Å². The fourth-order valence-electron chi connectivity index (χ4n) is 3.42. The maximum atomic E-state index is 10.1. The van der Waals surface area contributed by atoms with Gasteiger partial charge in [-0.2, -0.15) is 5.10 Å². The van der Waals surface area contributed by atoms with Crippen LogP contribution < -0.4 is 16.4 Å². The van der Waals surface area contributed by atoms with E-state index in [4.69, 9.17) is 10.2 Å². The largest absolute Gasteiger partial charge is 0.507 e. The Hall–Kier alpha value is -3.82. The third-order valence-electron chi connectivity index (χ3n) is 4.98. The van der Waals surface area contributed by atoms with Crippen molar-refractivity contribution in [3.05, 3.63) is 71.2 Å². The van der Waals surface area contributed by atoms with Gasteiger partial charge in [0.25, 0.3) is 0 Å². The molecule has 160 valence electrons. The van der Waals surface area contributed by atoms with Crippen LogP contribution >= 0.6 is 0 Å². The fourth-order valence-corrected chi connectivity index (χ4v) is 3.42. The van der Waals surface area contributed by atoms with Crippen LogP contribution in [0.25, 0.3) is 11.3 Å². The zero-order chi connectivity index (χ0) is 22.0. The summed E-state index contributed by atoms with van der Waals surface area (Å²) in [5.74, 6) is 1.90. The van der Waals surface area contributed by atoms with Gasteiger partial charge in [-0.15, -0.1) is 0 Å².